The molecule has 0 unspecified atom stereocenters. The van der Waals surface area contributed by atoms with Crippen molar-refractivity contribution in [3.63, 3.8) is 0 Å². The molecule has 0 spiro atoms. The molecule has 0 aromatic carbocycles. The van der Waals surface area contributed by atoms with Crippen LogP contribution in [0.15, 0.2) is 42.9 Å². The number of unbranched alkanes of at least 4 members (excludes halogenated alkanes) is 1. The minimum Gasteiger partial charge on any atom is -0.473 e. The zero-order chi connectivity index (χ0) is 15.2. The average Bonchev–Trinajstić information content (AvgIpc) is 3.02. The third kappa shape index (κ3) is 3.40. The van der Waals surface area contributed by atoms with E-state index in [1.165, 1.54) is 0 Å². The Morgan fingerprint density at radius 1 is 1.18 bits per heavy atom. The highest BCUT2D eigenvalue weighted by atomic mass is 16.5. The molecule has 0 amide bonds. The first-order valence-electron chi connectivity index (χ1n) is 7.33. The van der Waals surface area contributed by atoms with Gasteiger partial charge in [-0.15, -0.1) is 0 Å². The van der Waals surface area contributed by atoms with Crippen molar-refractivity contribution in [1.82, 2.24) is 19.6 Å². The molecule has 0 bridgehead atoms. The number of aliphatic hydroxyl groups excluding tert-OH is 1. The maximum absolute atomic E-state index is 8.88. The van der Waals surface area contributed by atoms with Gasteiger partial charge in [-0.1, -0.05) is 6.07 Å². The molecule has 0 fully saturated rings. The lowest BCUT2D eigenvalue weighted by molar-refractivity contribution is 0.282. The van der Waals surface area contributed by atoms with Gasteiger partial charge in [-0.25, -0.2) is 4.98 Å². The van der Waals surface area contributed by atoms with Crippen LogP contribution in [0.4, 0.5) is 0 Å². The monoisotopic (exact) mass is 298 g/mol. The van der Waals surface area contributed by atoms with E-state index >= 15 is 0 Å². The van der Waals surface area contributed by atoms with Gasteiger partial charge in [-0.3, -0.25) is 4.98 Å². The standard InChI is InChI=1S/C16H18N4O2/c21-9-2-1-5-14-10-16(20-15(19-14)6-8-18-20)22-12-13-4-3-7-17-11-13/h3-4,6-8,10-11,21H,1-2,5,9,12H2. The molecule has 0 aliphatic rings. The molecule has 0 atom stereocenters. The SMILES string of the molecule is OCCCCc1cc(OCc2cccnc2)n2nccc2n1. The maximum atomic E-state index is 8.88. The van der Waals surface area contributed by atoms with E-state index < -0.39 is 0 Å². The smallest absolute Gasteiger partial charge is 0.218 e. The van der Waals surface area contributed by atoms with Gasteiger partial charge in [0.1, 0.15) is 6.61 Å². The van der Waals surface area contributed by atoms with Crippen molar-refractivity contribution in [2.45, 2.75) is 25.9 Å². The summed E-state index contributed by atoms with van der Waals surface area (Å²) in [6.45, 7) is 0.641. The number of hydrogen-bond donors (Lipinski definition) is 1. The molecule has 0 saturated carbocycles. The number of rotatable bonds is 7. The lowest BCUT2D eigenvalue weighted by atomic mass is 10.2. The number of aliphatic hydroxyl groups is 1. The summed E-state index contributed by atoms with van der Waals surface area (Å²) < 4.78 is 7.57. The second-order valence-electron chi connectivity index (χ2n) is 5.02. The maximum Gasteiger partial charge on any atom is 0.218 e. The van der Waals surface area contributed by atoms with Crippen LogP contribution < -0.4 is 4.74 Å². The molecule has 3 aromatic rings. The summed E-state index contributed by atoms with van der Waals surface area (Å²) in [5.41, 5.74) is 2.71. The van der Waals surface area contributed by atoms with Crippen LogP contribution >= 0.6 is 0 Å². The number of fused-ring (bicyclic) bond motifs is 1. The quantitative estimate of drug-likeness (QED) is 0.676. The van der Waals surface area contributed by atoms with Crippen LogP contribution in [-0.2, 0) is 13.0 Å². The number of aromatic nitrogens is 4. The summed E-state index contributed by atoms with van der Waals surface area (Å²) in [6.07, 6.45) is 7.71. The fraction of sp³-hybridized carbons (Fsp3) is 0.312. The summed E-state index contributed by atoms with van der Waals surface area (Å²) in [7, 11) is 0. The highest BCUT2D eigenvalue weighted by Gasteiger charge is 2.08. The zero-order valence-electron chi connectivity index (χ0n) is 12.2. The van der Waals surface area contributed by atoms with E-state index in [1.807, 2.05) is 24.3 Å². The van der Waals surface area contributed by atoms with Crippen LogP contribution in [-0.4, -0.2) is 31.3 Å². The molecule has 3 aromatic heterocycles. The summed E-state index contributed by atoms with van der Waals surface area (Å²) in [6, 6.07) is 7.62. The van der Waals surface area contributed by atoms with Crippen molar-refractivity contribution in [2.24, 2.45) is 0 Å². The lowest BCUT2D eigenvalue weighted by Gasteiger charge is -2.10. The fourth-order valence-electron chi connectivity index (χ4n) is 2.22. The predicted octanol–water partition coefficient (Wildman–Crippen LogP) is 2.02. The van der Waals surface area contributed by atoms with Crippen molar-refractivity contribution in [3.8, 4) is 5.88 Å². The van der Waals surface area contributed by atoms with Gasteiger partial charge in [0, 0.05) is 42.4 Å². The Morgan fingerprint density at radius 2 is 2.14 bits per heavy atom. The minimum atomic E-state index is 0.208. The Kier molecular flexibility index (Phi) is 4.60. The van der Waals surface area contributed by atoms with Gasteiger partial charge in [0.25, 0.3) is 0 Å². The van der Waals surface area contributed by atoms with Crippen LogP contribution in [0.5, 0.6) is 5.88 Å². The Balaban J connectivity index is 1.79. The number of nitrogens with zero attached hydrogens (tertiary/aromatic N) is 4. The molecule has 0 saturated heterocycles. The molecular formula is C16H18N4O2. The van der Waals surface area contributed by atoms with Crippen molar-refractivity contribution in [2.75, 3.05) is 6.61 Å². The predicted molar refractivity (Wildman–Crippen MR) is 81.6 cm³/mol. The number of aryl methyl sites for hydroxylation is 1. The first kappa shape index (κ1) is 14.5. The third-order valence-electron chi connectivity index (χ3n) is 3.33. The minimum absolute atomic E-state index is 0.208. The van der Waals surface area contributed by atoms with E-state index in [-0.39, 0.29) is 6.61 Å². The van der Waals surface area contributed by atoms with E-state index in [9.17, 15) is 0 Å². The molecule has 1 N–H and O–H groups in total. The van der Waals surface area contributed by atoms with E-state index in [4.69, 9.17) is 9.84 Å². The number of pyridine rings is 1. The highest BCUT2D eigenvalue weighted by Crippen LogP contribution is 2.17. The number of ether oxygens (including phenoxy) is 1. The van der Waals surface area contributed by atoms with Gasteiger partial charge in [-0.05, 0) is 25.3 Å². The second-order valence-corrected chi connectivity index (χ2v) is 5.02. The van der Waals surface area contributed by atoms with Crippen LogP contribution in [0.3, 0.4) is 0 Å². The van der Waals surface area contributed by atoms with Crippen molar-refractivity contribution >= 4 is 5.65 Å². The van der Waals surface area contributed by atoms with Crippen LogP contribution in [0.25, 0.3) is 5.65 Å². The first-order valence-corrected chi connectivity index (χ1v) is 7.33. The summed E-state index contributed by atoms with van der Waals surface area (Å²) >= 11 is 0. The first-order chi connectivity index (χ1) is 10.9. The molecule has 0 radical (unpaired) electrons. The van der Waals surface area contributed by atoms with Crippen LogP contribution in [0, 0.1) is 0 Å². The lowest BCUT2D eigenvalue weighted by Crippen LogP contribution is -2.05. The number of hydrogen-bond acceptors (Lipinski definition) is 5. The molecule has 3 rings (SSSR count). The van der Waals surface area contributed by atoms with E-state index in [2.05, 4.69) is 15.1 Å². The normalized spacial score (nSPS) is 11.0. The van der Waals surface area contributed by atoms with Crippen LogP contribution in [0.1, 0.15) is 24.1 Å². The third-order valence-corrected chi connectivity index (χ3v) is 3.33. The van der Waals surface area contributed by atoms with E-state index in [0.29, 0.717) is 12.5 Å². The highest BCUT2D eigenvalue weighted by molar-refractivity contribution is 5.41. The molecular weight excluding hydrogens is 280 g/mol. The Labute approximate surface area is 128 Å². The second kappa shape index (κ2) is 7.00. The van der Waals surface area contributed by atoms with Gasteiger partial charge in [0.2, 0.25) is 5.88 Å². The van der Waals surface area contributed by atoms with Gasteiger partial charge in [0.15, 0.2) is 5.65 Å². The summed E-state index contributed by atoms with van der Waals surface area (Å²) in [5, 5.41) is 13.1. The Bertz CT molecular complexity index is 727. The van der Waals surface area contributed by atoms with Gasteiger partial charge in [0.05, 0.1) is 6.20 Å². The van der Waals surface area contributed by atoms with Gasteiger partial charge >= 0.3 is 0 Å². The zero-order valence-corrected chi connectivity index (χ0v) is 12.2. The van der Waals surface area contributed by atoms with Gasteiger partial charge < -0.3 is 9.84 Å². The topological polar surface area (TPSA) is 72.5 Å². The molecule has 6 nitrogen and oxygen atoms in total. The Morgan fingerprint density at radius 3 is 2.95 bits per heavy atom. The van der Waals surface area contributed by atoms with Gasteiger partial charge in [-0.2, -0.15) is 9.61 Å². The van der Waals surface area contributed by atoms with Crippen molar-refractivity contribution in [3.05, 3.63) is 54.1 Å². The van der Waals surface area contributed by atoms with E-state index in [0.717, 1.165) is 36.2 Å². The molecule has 22 heavy (non-hydrogen) atoms. The fourth-order valence-corrected chi connectivity index (χ4v) is 2.22. The molecule has 0 aliphatic heterocycles. The molecule has 3 heterocycles. The Hall–Kier alpha value is -2.47. The van der Waals surface area contributed by atoms with Crippen molar-refractivity contribution < 1.29 is 9.84 Å². The molecule has 0 aliphatic carbocycles. The average molecular weight is 298 g/mol. The molecule has 6 heteroatoms. The molecule has 114 valence electrons. The van der Waals surface area contributed by atoms with Crippen molar-refractivity contribution in [1.29, 1.82) is 0 Å². The summed E-state index contributed by atoms with van der Waals surface area (Å²) in [4.78, 5) is 8.63. The van der Waals surface area contributed by atoms with E-state index in [1.54, 1.807) is 23.1 Å². The largest absolute Gasteiger partial charge is 0.473 e. The van der Waals surface area contributed by atoms with Crippen LogP contribution in [0.2, 0.25) is 0 Å². The summed E-state index contributed by atoms with van der Waals surface area (Å²) in [5.74, 6) is 0.665.